The molecule has 566 valence electrons. The molecule has 9 heteroatoms. The van der Waals surface area contributed by atoms with Crippen molar-refractivity contribution in [3.8, 4) is 0 Å². The molecular weight excluding hydrogens is 1170 g/mol. The summed E-state index contributed by atoms with van der Waals surface area (Å²) >= 11 is 0. The van der Waals surface area contributed by atoms with Crippen molar-refractivity contribution in [3.05, 3.63) is 0 Å². The molecule has 0 bridgehead atoms. The molecular formula is C86H170NO8+. The van der Waals surface area contributed by atoms with Crippen LogP contribution < -0.4 is 0 Å². The van der Waals surface area contributed by atoms with E-state index in [4.69, 9.17) is 18.9 Å². The van der Waals surface area contributed by atoms with Gasteiger partial charge in [-0.2, -0.15) is 0 Å². The molecule has 0 fully saturated rings. The predicted octanol–water partition coefficient (Wildman–Crippen LogP) is 27.7. The number of likely N-dealkylation sites (N-methyl/N-ethyl adjacent to an activating group) is 1. The van der Waals surface area contributed by atoms with Crippen molar-refractivity contribution >= 4 is 17.9 Å². The Kier molecular flexibility index (Phi) is 76.6. The van der Waals surface area contributed by atoms with E-state index < -0.39 is 18.4 Å². The zero-order chi connectivity index (χ0) is 69.0. The Balaban J connectivity index is 3.90. The Morgan fingerprint density at radius 3 is 0.674 bits per heavy atom. The van der Waals surface area contributed by atoms with Crippen LogP contribution in [-0.2, 0) is 33.3 Å². The zero-order valence-electron chi connectivity index (χ0n) is 65.1. The van der Waals surface area contributed by atoms with Crippen LogP contribution in [-0.4, -0.2) is 87.4 Å². The number of aliphatic carboxylic acids is 1. The first kappa shape index (κ1) is 93.3. The third-order valence-corrected chi connectivity index (χ3v) is 20.4. The Bertz CT molecular complexity index is 1520. The average molecular weight is 1350 g/mol. The second kappa shape index (κ2) is 78.0. The summed E-state index contributed by atoms with van der Waals surface area (Å²) in [5, 5.41) is 9.78. The fourth-order valence-corrected chi connectivity index (χ4v) is 13.8. The minimum absolute atomic E-state index is 0.171. The minimum atomic E-state index is -1.51. The zero-order valence-corrected chi connectivity index (χ0v) is 65.1. The van der Waals surface area contributed by atoms with Gasteiger partial charge in [0.2, 0.25) is 0 Å². The highest BCUT2D eigenvalue weighted by Crippen LogP contribution is 2.21. The van der Waals surface area contributed by atoms with Crippen molar-refractivity contribution < 1.29 is 42.9 Å². The first-order valence-electron chi connectivity index (χ1n) is 43.2. The molecule has 2 unspecified atom stereocenters. The Morgan fingerprint density at radius 2 is 0.474 bits per heavy atom. The minimum Gasteiger partial charge on any atom is -0.477 e. The van der Waals surface area contributed by atoms with Crippen molar-refractivity contribution in [1.29, 1.82) is 0 Å². The Hall–Kier alpha value is -1.71. The number of carboxylic acid groups (broad SMARTS) is 1. The molecule has 9 nitrogen and oxygen atoms in total. The van der Waals surface area contributed by atoms with Crippen molar-refractivity contribution in [3.63, 3.8) is 0 Å². The van der Waals surface area contributed by atoms with Gasteiger partial charge in [0.05, 0.1) is 34.4 Å². The molecule has 0 saturated carbocycles. The smallest absolute Gasteiger partial charge is 0.361 e. The van der Waals surface area contributed by atoms with E-state index in [2.05, 4.69) is 13.8 Å². The molecule has 0 amide bonds. The van der Waals surface area contributed by atoms with Crippen LogP contribution in [0.2, 0.25) is 0 Å². The fourth-order valence-electron chi connectivity index (χ4n) is 13.8. The molecule has 0 spiro atoms. The van der Waals surface area contributed by atoms with Crippen LogP contribution in [0.25, 0.3) is 0 Å². The van der Waals surface area contributed by atoms with Gasteiger partial charge < -0.3 is 28.5 Å². The van der Waals surface area contributed by atoms with E-state index in [1.165, 1.54) is 411 Å². The first-order valence-corrected chi connectivity index (χ1v) is 43.2. The average Bonchev–Trinajstić information content (AvgIpc) is 2.94. The van der Waals surface area contributed by atoms with E-state index in [1.807, 2.05) is 21.1 Å². The van der Waals surface area contributed by atoms with E-state index in [0.717, 1.165) is 38.5 Å². The van der Waals surface area contributed by atoms with Gasteiger partial charge >= 0.3 is 17.9 Å². The molecule has 0 rings (SSSR count). The third kappa shape index (κ3) is 79.5. The number of hydrogen-bond donors (Lipinski definition) is 1. The SMILES string of the molecule is CCCCCCCCCCCCCCCCCCCCCCCCCCCCCCCCCCCCCC(=O)OCC(COC(OCC[N+](C)(C)C)C(=O)O)OC(=O)CCCCCCCCCCCCCCCCCCCCCCCCCCCCCCCCCCCCC. The number of quaternary nitrogens is 1. The van der Waals surface area contributed by atoms with E-state index in [1.54, 1.807) is 0 Å². The van der Waals surface area contributed by atoms with Crippen LogP contribution in [0.5, 0.6) is 0 Å². The number of nitrogens with zero attached hydrogens (tertiary/aromatic N) is 1. The van der Waals surface area contributed by atoms with E-state index in [9.17, 15) is 19.5 Å². The second-order valence-electron chi connectivity index (χ2n) is 31.2. The maximum absolute atomic E-state index is 13.0. The number of esters is 2. The van der Waals surface area contributed by atoms with Gasteiger partial charge in [-0.05, 0) is 12.8 Å². The lowest BCUT2D eigenvalue weighted by Gasteiger charge is -2.25. The van der Waals surface area contributed by atoms with Gasteiger partial charge in [0.15, 0.2) is 6.10 Å². The lowest BCUT2D eigenvalue weighted by Crippen LogP contribution is -2.40. The maximum Gasteiger partial charge on any atom is 0.361 e. The molecule has 0 aromatic rings. The molecule has 0 aliphatic rings. The van der Waals surface area contributed by atoms with Gasteiger partial charge in [-0.25, -0.2) is 4.79 Å². The number of ether oxygens (including phenoxy) is 4. The fraction of sp³-hybridized carbons (Fsp3) is 0.965. The van der Waals surface area contributed by atoms with Gasteiger partial charge in [-0.3, -0.25) is 9.59 Å². The summed E-state index contributed by atoms with van der Waals surface area (Å²) in [5.41, 5.74) is 0. The van der Waals surface area contributed by atoms with Crippen LogP contribution >= 0.6 is 0 Å². The van der Waals surface area contributed by atoms with Crippen LogP contribution in [0, 0.1) is 0 Å². The lowest BCUT2D eigenvalue weighted by molar-refractivity contribution is -0.870. The van der Waals surface area contributed by atoms with Gasteiger partial charge in [-0.1, -0.05) is 450 Å². The number of unbranched alkanes of at least 4 members (excludes halogenated alkanes) is 68. The molecule has 0 saturated heterocycles. The van der Waals surface area contributed by atoms with Crippen molar-refractivity contribution in [2.75, 3.05) is 47.5 Å². The van der Waals surface area contributed by atoms with Crippen LogP contribution in [0.4, 0.5) is 0 Å². The summed E-state index contributed by atoms with van der Waals surface area (Å²) in [4.78, 5) is 37.8. The lowest BCUT2D eigenvalue weighted by atomic mass is 10.0. The summed E-state index contributed by atoms with van der Waals surface area (Å²) in [7, 11) is 6.01. The highest BCUT2D eigenvalue weighted by Gasteiger charge is 2.25. The van der Waals surface area contributed by atoms with Gasteiger partial charge in [-0.15, -0.1) is 0 Å². The van der Waals surface area contributed by atoms with Crippen LogP contribution in [0.3, 0.4) is 0 Å². The summed E-state index contributed by atoms with van der Waals surface area (Å²) in [6.07, 6.45) is 94.5. The Labute approximate surface area is 593 Å². The topological polar surface area (TPSA) is 108 Å². The first-order chi connectivity index (χ1) is 46.6. The molecule has 95 heavy (non-hydrogen) atoms. The highest BCUT2D eigenvalue weighted by molar-refractivity contribution is 5.71. The Morgan fingerprint density at radius 1 is 0.274 bits per heavy atom. The highest BCUT2D eigenvalue weighted by atomic mass is 16.7. The maximum atomic E-state index is 13.0. The van der Waals surface area contributed by atoms with E-state index in [-0.39, 0.29) is 38.2 Å². The molecule has 0 aromatic carbocycles. The number of hydrogen-bond acceptors (Lipinski definition) is 7. The molecule has 2 atom stereocenters. The molecule has 1 N–H and O–H groups in total. The molecule has 0 aliphatic heterocycles. The van der Waals surface area contributed by atoms with Crippen LogP contribution in [0.1, 0.15) is 476 Å². The quantitative estimate of drug-likeness (QED) is 0.0278. The van der Waals surface area contributed by atoms with Crippen molar-refractivity contribution in [2.24, 2.45) is 0 Å². The van der Waals surface area contributed by atoms with E-state index in [0.29, 0.717) is 17.4 Å². The largest absolute Gasteiger partial charge is 0.477 e. The number of rotatable bonds is 83. The molecule has 0 radical (unpaired) electrons. The second-order valence-corrected chi connectivity index (χ2v) is 31.2. The molecule has 0 heterocycles. The summed E-state index contributed by atoms with van der Waals surface area (Å²) in [5.74, 6) is -1.96. The van der Waals surface area contributed by atoms with Crippen LogP contribution in [0.15, 0.2) is 0 Å². The van der Waals surface area contributed by atoms with Gasteiger partial charge in [0.1, 0.15) is 13.2 Å². The molecule has 0 aromatic heterocycles. The van der Waals surface area contributed by atoms with E-state index >= 15 is 0 Å². The van der Waals surface area contributed by atoms with Gasteiger partial charge in [0.25, 0.3) is 6.29 Å². The van der Waals surface area contributed by atoms with Crippen molar-refractivity contribution in [2.45, 2.75) is 489 Å². The number of carbonyl (C=O) groups is 3. The summed E-state index contributed by atoms with van der Waals surface area (Å²) in [6.45, 7) is 4.99. The number of carbonyl (C=O) groups excluding carboxylic acids is 2. The number of carboxylic acids is 1. The monoisotopic (exact) mass is 1350 g/mol. The standard InChI is InChI=1S/C86H169NO8/c1-6-8-10-12-14-16-18-20-22-24-26-28-30-32-34-36-38-40-42-44-46-48-50-52-54-56-58-60-62-64-66-68-70-72-74-76-83(88)93-80-82(81-94-86(85(90)91)92-79-78-87(3,4)5)95-84(89)77-75-73-71-69-67-65-63-61-59-57-55-53-51-49-47-45-43-41-39-37-35-33-31-29-27-25-23-21-19-17-15-13-11-9-7-2/h82,86H,6-81H2,1-5H3/p+1. The summed E-state index contributed by atoms with van der Waals surface area (Å²) < 4.78 is 23.1. The normalized spacial score (nSPS) is 12.5. The van der Waals surface area contributed by atoms with Gasteiger partial charge in [0, 0.05) is 12.8 Å². The molecule has 0 aliphatic carbocycles. The third-order valence-electron chi connectivity index (χ3n) is 20.4. The van der Waals surface area contributed by atoms with Crippen molar-refractivity contribution in [1.82, 2.24) is 0 Å². The predicted molar refractivity (Wildman–Crippen MR) is 411 cm³/mol. The summed E-state index contributed by atoms with van der Waals surface area (Å²) in [6, 6.07) is 0.